The second kappa shape index (κ2) is 8.82. The summed E-state index contributed by atoms with van der Waals surface area (Å²) in [5.41, 5.74) is 2.19. The molecule has 6 nitrogen and oxygen atoms in total. The van der Waals surface area contributed by atoms with Gasteiger partial charge in [-0.05, 0) is 61.8 Å². The molecular formula is C24H23F3N6. The van der Waals surface area contributed by atoms with E-state index >= 15 is 0 Å². The number of benzene rings is 1. The van der Waals surface area contributed by atoms with E-state index in [1.165, 1.54) is 29.5 Å². The Hall–Kier alpha value is -3.46. The maximum atomic E-state index is 13.5. The first-order chi connectivity index (χ1) is 16.0. The number of halogens is 3. The third kappa shape index (κ3) is 4.68. The van der Waals surface area contributed by atoms with Gasteiger partial charge < -0.3 is 5.32 Å². The van der Waals surface area contributed by atoms with E-state index in [0.29, 0.717) is 18.0 Å². The molecule has 4 aromatic rings. The Morgan fingerprint density at radius 3 is 2.61 bits per heavy atom. The summed E-state index contributed by atoms with van der Waals surface area (Å²) in [6.45, 7) is 3.58. The van der Waals surface area contributed by atoms with E-state index < -0.39 is 11.7 Å². The van der Waals surface area contributed by atoms with Gasteiger partial charge in [0.2, 0.25) is 0 Å². The maximum Gasteiger partial charge on any atom is 0.417 e. The molecule has 1 fully saturated rings. The van der Waals surface area contributed by atoms with Gasteiger partial charge in [-0.2, -0.15) is 22.8 Å². The Balaban J connectivity index is 1.37. The predicted molar refractivity (Wildman–Crippen MR) is 119 cm³/mol. The highest BCUT2D eigenvalue weighted by atomic mass is 19.4. The minimum absolute atomic E-state index is 0.0345. The zero-order valence-electron chi connectivity index (χ0n) is 17.9. The average Bonchev–Trinajstić information content (AvgIpc) is 3.47. The lowest BCUT2D eigenvalue weighted by Crippen LogP contribution is -2.19. The Morgan fingerprint density at radius 2 is 1.79 bits per heavy atom. The molecule has 0 bridgehead atoms. The SMILES string of the molecule is FC(F)(F)c1ccccc1-c1ccc2ncc(NCc3ccnc(CN4CCCC4)c3)n2n1. The number of fused-ring (bicyclic) bond motifs is 1. The average molecular weight is 452 g/mol. The summed E-state index contributed by atoms with van der Waals surface area (Å²) >= 11 is 0. The van der Waals surface area contributed by atoms with Crippen LogP contribution in [0.3, 0.4) is 0 Å². The quantitative estimate of drug-likeness (QED) is 0.445. The van der Waals surface area contributed by atoms with Gasteiger partial charge in [-0.15, -0.1) is 0 Å². The van der Waals surface area contributed by atoms with Crippen LogP contribution in [0.4, 0.5) is 19.0 Å². The number of nitrogens with zero attached hydrogens (tertiary/aromatic N) is 5. The molecule has 4 heterocycles. The second-order valence-corrected chi connectivity index (χ2v) is 8.17. The molecule has 0 unspecified atom stereocenters. The Labute approximate surface area is 189 Å². The van der Waals surface area contributed by atoms with Crippen LogP contribution >= 0.6 is 0 Å². The van der Waals surface area contributed by atoms with Crippen molar-refractivity contribution in [2.45, 2.75) is 32.1 Å². The summed E-state index contributed by atoms with van der Waals surface area (Å²) in [4.78, 5) is 11.2. The van der Waals surface area contributed by atoms with E-state index in [9.17, 15) is 13.2 Å². The number of pyridine rings is 1. The van der Waals surface area contributed by atoms with Crippen molar-refractivity contribution in [2.75, 3.05) is 18.4 Å². The van der Waals surface area contributed by atoms with E-state index in [1.807, 2.05) is 6.07 Å². The van der Waals surface area contributed by atoms with Crippen molar-refractivity contribution in [1.29, 1.82) is 0 Å². The van der Waals surface area contributed by atoms with Crippen LogP contribution in [0.1, 0.15) is 29.7 Å². The number of anilines is 1. The van der Waals surface area contributed by atoms with Crippen LogP contribution in [0.5, 0.6) is 0 Å². The summed E-state index contributed by atoms with van der Waals surface area (Å²) in [5.74, 6) is 0.606. The number of nitrogens with one attached hydrogen (secondary N) is 1. The molecule has 1 aliphatic heterocycles. The summed E-state index contributed by atoms with van der Waals surface area (Å²) < 4.78 is 41.9. The van der Waals surface area contributed by atoms with E-state index in [4.69, 9.17) is 0 Å². The molecule has 0 saturated carbocycles. The highest BCUT2D eigenvalue weighted by molar-refractivity contribution is 5.66. The molecule has 1 aromatic carbocycles. The van der Waals surface area contributed by atoms with Gasteiger partial charge in [-0.1, -0.05) is 18.2 Å². The van der Waals surface area contributed by atoms with Crippen LogP contribution < -0.4 is 5.32 Å². The summed E-state index contributed by atoms with van der Waals surface area (Å²) in [7, 11) is 0. The molecule has 3 aromatic heterocycles. The minimum Gasteiger partial charge on any atom is -0.365 e. The van der Waals surface area contributed by atoms with Crippen molar-refractivity contribution in [3.63, 3.8) is 0 Å². The number of hydrogen-bond donors (Lipinski definition) is 1. The zero-order chi connectivity index (χ0) is 22.8. The lowest BCUT2D eigenvalue weighted by Gasteiger charge is -2.14. The van der Waals surface area contributed by atoms with Crippen LogP contribution in [-0.2, 0) is 19.3 Å². The normalized spacial score (nSPS) is 14.8. The molecule has 0 atom stereocenters. The molecule has 0 spiro atoms. The molecule has 170 valence electrons. The van der Waals surface area contributed by atoms with Crippen LogP contribution in [0.15, 0.2) is 60.9 Å². The molecule has 9 heteroatoms. The fourth-order valence-corrected chi connectivity index (χ4v) is 4.18. The molecular weight excluding hydrogens is 429 g/mol. The Morgan fingerprint density at radius 1 is 0.970 bits per heavy atom. The number of imidazole rings is 1. The van der Waals surface area contributed by atoms with Crippen molar-refractivity contribution in [3.8, 4) is 11.3 Å². The van der Waals surface area contributed by atoms with Gasteiger partial charge >= 0.3 is 6.18 Å². The first-order valence-electron chi connectivity index (χ1n) is 10.9. The molecule has 1 saturated heterocycles. The highest BCUT2D eigenvalue weighted by Crippen LogP contribution is 2.36. The monoisotopic (exact) mass is 452 g/mol. The predicted octanol–water partition coefficient (Wildman–Crippen LogP) is 5.02. The molecule has 33 heavy (non-hydrogen) atoms. The molecule has 0 amide bonds. The largest absolute Gasteiger partial charge is 0.417 e. The van der Waals surface area contributed by atoms with Crippen molar-refractivity contribution in [3.05, 3.63) is 77.7 Å². The number of alkyl halides is 3. The minimum atomic E-state index is -4.46. The first-order valence-corrected chi connectivity index (χ1v) is 10.9. The van der Waals surface area contributed by atoms with Crippen LogP contribution in [-0.4, -0.2) is 37.6 Å². The van der Waals surface area contributed by atoms with Crippen molar-refractivity contribution in [2.24, 2.45) is 0 Å². The molecule has 1 N–H and O–H groups in total. The van der Waals surface area contributed by atoms with Gasteiger partial charge in [0.25, 0.3) is 0 Å². The molecule has 0 radical (unpaired) electrons. The summed E-state index contributed by atoms with van der Waals surface area (Å²) in [6.07, 6.45) is 1.45. The lowest BCUT2D eigenvalue weighted by molar-refractivity contribution is -0.137. The number of aromatic nitrogens is 4. The van der Waals surface area contributed by atoms with Gasteiger partial charge in [0.15, 0.2) is 5.65 Å². The van der Waals surface area contributed by atoms with Crippen LogP contribution in [0, 0.1) is 0 Å². The third-order valence-corrected chi connectivity index (χ3v) is 5.81. The van der Waals surface area contributed by atoms with Crippen LogP contribution in [0.2, 0.25) is 0 Å². The lowest BCUT2D eigenvalue weighted by atomic mass is 10.0. The van der Waals surface area contributed by atoms with E-state index in [2.05, 4.69) is 31.3 Å². The zero-order valence-corrected chi connectivity index (χ0v) is 17.9. The van der Waals surface area contributed by atoms with Crippen molar-refractivity contribution < 1.29 is 13.2 Å². The van der Waals surface area contributed by atoms with Gasteiger partial charge in [-0.25, -0.2) is 4.98 Å². The Kier molecular flexibility index (Phi) is 5.72. The second-order valence-electron chi connectivity index (χ2n) is 8.17. The Bertz CT molecular complexity index is 1260. The smallest absolute Gasteiger partial charge is 0.365 e. The van der Waals surface area contributed by atoms with Gasteiger partial charge in [0, 0.05) is 24.8 Å². The topological polar surface area (TPSA) is 58.4 Å². The van der Waals surface area contributed by atoms with Gasteiger partial charge in [-0.3, -0.25) is 9.88 Å². The van der Waals surface area contributed by atoms with E-state index in [1.54, 1.807) is 30.6 Å². The maximum absolute atomic E-state index is 13.5. The summed E-state index contributed by atoms with van der Waals surface area (Å²) in [6, 6.07) is 12.7. The van der Waals surface area contributed by atoms with E-state index in [0.717, 1.165) is 37.0 Å². The van der Waals surface area contributed by atoms with Gasteiger partial charge in [0.05, 0.1) is 23.1 Å². The van der Waals surface area contributed by atoms with E-state index in [-0.39, 0.29) is 11.3 Å². The number of likely N-dealkylation sites (tertiary alicyclic amines) is 1. The van der Waals surface area contributed by atoms with Crippen LogP contribution in [0.25, 0.3) is 16.9 Å². The number of hydrogen-bond acceptors (Lipinski definition) is 5. The summed E-state index contributed by atoms with van der Waals surface area (Å²) in [5, 5.41) is 7.75. The molecule has 1 aliphatic rings. The third-order valence-electron chi connectivity index (χ3n) is 5.81. The number of rotatable bonds is 6. The molecule has 0 aliphatic carbocycles. The molecule has 5 rings (SSSR count). The highest BCUT2D eigenvalue weighted by Gasteiger charge is 2.33. The first kappa shape index (κ1) is 21.4. The fraction of sp³-hybridized carbons (Fsp3) is 0.292. The van der Waals surface area contributed by atoms with Gasteiger partial charge in [0.1, 0.15) is 5.82 Å². The van der Waals surface area contributed by atoms with Crippen molar-refractivity contribution >= 4 is 11.5 Å². The fourth-order valence-electron chi connectivity index (χ4n) is 4.18. The van der Waals surface area contributed by atoms with Crippen molar-refractivity contribution in [1.82, 2.24) is 24.5 Å². The standard InChI is InChI=1S/C24H23F3N6/c25-24(26,27)20-6-2-1-5-19(20)21-7-8-22-30-15-23(33(22)31-21)29-14-17-9-10-28-18(13-17)16-32-11-3-4-12-32/h1-2,5-10,13,15,29H,3-4,11-12,14,16H2.